The molecule has 4 atom stereocenters. The van der Waals surface area contributed by atoms with Crippen molar-refractivity contribution in [1.82, 2.24) is 0 Å². The quantitative estimate of drug-likeness (QED) is 0.672. The summed E-state index contributed by atoms with van der Waals surface area (Å²) in [6.45, 7) is 5.76. The van der Waals surface area contributed by atoms with E-state index in [1.54, 1.807) is 0 Å². The van der Waals surface area contributed by atoms with Gasteiger partial charge in [0.15, 0.2) is 17.1 Å². The summed E-state index contributed by atoms with van der Waals surface area (Å²) in [7, 11) is 0. The van der Waals surface area contributed by atoms with Crippen molar-refractivity contribution in [3.63, 3.8) is 0 Å². The third-order valence-electron chi connectivity index (χ3n) is 5.56. The van der Waals surface area contributed by atoms with Crippen LogP contribution in [0.4, 0.5) is 0 Å². The van der Waals surface area contributed by atoms with Crippen LogP contribution in [0.1, 0.15) is 53.2 Å². The summed E-state index contributed by atoms with van der Waals surface area (Å²) in [6, 6.07) is 0. The van der Waals surface area contributed by atoms with Gasteiger partial charge in [-0.1, -0.05) is 6.92 Å². The first-order valence-electron chi connectivity index (χ1n) is 6.80. The Morgan fingerprint density at radius 2 is 2.00 bits per heavy atom. The van der Waals surface area contributed by atoms with Crippen LogP contribution in [-0.2, 0) is 4.74 Å². The van der Waals surface area contributed by atoms with E-state index >= 15 is 0 Å². The molecule has 0 aromatic carbocycles. The molecule has 3 aliphatic rings. The molecule has 1 saturated carbocycles. The van der Waals surface area contributed by atoms with Crippen molar-refractivity contribution in [3.8, 4) is 0 Å². The van der Waals surface area contributed by atoms with Crippen LogP contribution < -0.4 is 0 Å². The zero-order valence-corrected chi connectivity index (χ0v) is 11.3. The lowest BCUT2D eigenvalue weighted by atomic mass is 9.54. The summed E-state index contributed by atoms with van der Waals surface area (Å²) in [5.41, 5.74) is -0.464. The van der Waals surface area contributed by atoms with E-state index in [4.69, 9.17) is 9.15 Å². The number of ether oxygens (including phenoxy) is 1. The SMILES string of the molecule is Cc1coc2c1C(=O)C1(C)C(C)CCC3OC31C2=O. The summed E-state index contributed by atoms with van der Waals surface area (Å²) >= 11 is 0. The van der Waals surface area contributed by atoms with Crippen LogP contribution in [0.3, 0.4) is 0 Å². The molecule has 0 N–H and O–H groups in total. The maximum atomic E-state index is 13.0. The van der Waals surface area contributed by atoms with Crippen LogP contribution in [-0.4, -0.2) is 23.3 Å². The monoisotopic (exact) mass is 260 g/mol. The number of rotatable bonds is 0. The van der Waals surface area contributed by atoms with Crippen LogP contribution >= 0.6 is 0 Å². The molecule has 2 fully saturated rings. The average Bonchev–Trinajstić information content (AvgIpc) is 3.01. The highest BCUT2D eigenvalue weighted by atomic mass is 16.6. The summed E-state index contributed by atoms with van der Waals surface area (Å²) in [5, 5.41) is 0. The topological polar surface area (TPSA) is 59.8 Å². The van der Waals surface area contributed by atoms with Crippen molar-refractivity contribution in [2.24, 2.45) is 11.3 Å². The first kappa shape index (κ1) is 11.4. The molecule has 1 spiro atoms. The molecular weight excluding hydrogens is 244 g/mol. The fraction of sp³-hybridized carbons (Fsp3) is 0.600. The molecule has 4 rings (SSSR count). The van der Waals surface area contributed by atoms with E-state index < -0.39 is 11.0 Å². The smallest absolute Gasteiger partial charge is 0.234 e. The van der Waals surface area contributed by atoms with Gasteiger partial charge in [0, 0.05) is 0 Å². The highest BCUT2D eigenvalue weighted by Crippen LogP contribution is 2.65. The number of carbonyl (C=O) groups is 2. The predicted octanol–water partition coefficient (Wildman–Crippen LogP) is 2.54. The first-order chi connectivity index (χ1) is 8.94. The fourth-order valence-corrected chi connectivity index (χ4v) is 4.12. The Morgan fingerprint density at radius 3 is 2.74 bits per heavy atom. The largest absolute Gasteiger partial charge is 0.460 e. The molecule has 0 bridgehead atoms. The number of hydrogen-bond donors (Lipinski definition) is 0. The second-order valence-corrected chi connectivity index (χ2v) is 6.30. The van der Waals surface area contributed by atoms with Crippen LogP contribution in [0.2, 0.25) is 0 Å². The van der Waals surface area contributed by atoms with Crippen molar-refractivity contribution in [1.29, 1.82) is 0 Å². The molecule has 1 aromatic heterocycles. The van der Waals surface area contributed by atoms with Gasteiger partial charge < -0.3 is 9.15 Å². The van der Waals surface area contributed by atoms with Gasteiger partial charge in [-0.05, 0) is 38.2 Å². The zero-order valence-electron chi connectivity index (χ0n) is 11.3. The van der Waals surface area contributed by atoms with E-state index in [1.165, 1.54) is 6.26 Å². The lowest BCUT2D eigenvalue weighted by molar-refractivity contribution is 0.0282. The van der Waals surface area contributed by atoms with E-state index in [0.717, 1.165) is 18.4 Å². The number of hydrogen-bond acceptors (Lipinski definition) is 4. The third kappa shape index (κ3) is 0.960. The normalized spacial score (nSPS) is 43.5. The van der Waals surface area contributed by atoms with Crippen molar-refractivity contribution in [2.75, 3.05) is 0 Å². The summed E-state index contributed by atoms with van der Waals surface area (Å²) in [6.07, 6.45) is 3.17. The van der Waals surface area contributed by atoms with Gasteiger partial charge in [0.2, 0.25) is 5.78 Å². The lowest BCUT2D eigenvalue weighted by Gasteiger charge is -2.43. The molecule has 100 valence electrons. The van der Waals surface area contributed by atoms with Gasteiger partial charge >= 0.3 is 0 Å². The van der Waals surface area contributed by atoms with Crippen molar-refractivity contribution >= 4 is 11.6 Å². The molecule has 0 radical (unpaired) electrons. The minimum atomic E-state index is -0.945. The van der Waals surface area contributed by atoms with Crippen molar-refractivity contribution in [2.45, 2.75) is 45.3 Å². The molecule has 2 aliphatic carbocycles. The van der Waals surface area contributed by atoms with Crippen LogP contribution in [0.15, 0.2) is 10.7 Å². The number of aryl methyl sites for hydroxylation is 1. The third-order valence-corrected chi connectivity index (χ3v) is 5.56. The number of Topliss-reactive ketones (excluding diaryl/α,β-unsaturated/α-hetero) is 2. The molecule has 4 heteroatoms. The molecule has 1 saturated heterocycles. The van der Waals surface area contributed by atoms with E-state index in [0.29, 0.717) is 5.56 Å². The molecule has 0 amide bonds. The van der Waals surface area contributed by atoms with E-state index in [1.807, 2.05) is 20.8 Å². The molecule has 4 unspecified atom stereocenters. The average molecular weight is 260 g/mol. The van der Waals surface area contributed by atoms with Gasteiger partial charge in [-0.15, -0.1) is 0 Å². The number of fused-ring (bicyclic) bond motifs is 1. The van der Waals surface area contributed by atoms with E-state index in [9.17, 15) is 9.59 Å². The van der Waals surface area contributed by atoms with Crippen LogP contribution in [0.25, 0.3) is 0 Å². The molecular formula is C15H16O4. The Bertz CT molecular complexity index is 628. The standard InChI is InChI=1S/C15H16O4/c1-7-6-18-11-10(7)12(16)14(3)8(2)4-5-9-15(14,19-9)13(11)17/h6,8-9H,4-5H2,1-3H3. The minimum absolute atomic E-state index is 0.0167. The zero-order chi connectivity index (χ0) is 13.6. The predicted molar refractivity (Wildman–Crippen MR) is 66.2 cm³/mol. The maximum absolute atomic E-state index is 13.0. The number of furan rings is 1. The Morgan fingerprint density at radius 1 is 1.26 bits per heavy atom. The van der Waals surface area contributed by atoms with Gasteiger partial charge in [-0.2, -0.15) is 0 Å². The summed E-state index contributed by atoms with van der Waals surface area (Å²) in [4.78, 5) is 25.7. The lowest BCUT2D eigenvalue weighted by Crippen LogP contribution is -2.58. The Kier molecular flexibility index (Phi) is 1.81. The summed E-state index contributed by atoms with van der Waals surface area (Å²) in [5.74, 6) is 0.235. The molecule has 2 heterocycles. The second-order valence-electron chi connectivity index (χ2n) is 6.30. The van der Waals surface area contributed by atoms with Crippen LogP contribution in [0, 0.1) is 18.3 Å². The molecule has 19 heavy (non-hydrogen) atoms. The van der Waals surface area contributed by atoms with Crippen molar-refractivity contribution < 1.29 is 18.7 Å². The van der Waals surface area contributed by atoms with Gasteiger partial charge in [0.25, 0.3) is 0 Å². The second kappa shape index (κ2) is 3.01. The Balaban J connectivity index is 2.02. The highest BCUT2D eigenvalue weighted by molar-refractivity contribution is 6.21. The Hall–Kier alpha value is -1.42. The molecule has 4 nitrogen and oxygen atoms in total. The fourth-order valence-electron chi connectivity index (χ4n) is 4.12. The van der Waals surface area contributed by atoms with Gasteiger partial charge in [-0.25, -0.2) is 0 Å². The van der Waals surface area contributed by atoms with Gasteiger partial charge in [0.05, 0.1) is 23.3 Å². The van der Waals surface area contributed by atoms with Gasteiger partial charge in [0.1, 0.15) is 0 Å². The number of ketones is 2. The molecule has 1 aliphatic heterocycles. The maximum Gasteiger partial charge on any atom is 0.234 e. The number of epoxide rings is 1. The van der Waals surface area contributed by atoms with E-state index in [2.05, 4.69) is 0 Å². The van der Waals surface area contributed by atoms with Crippen molar-refractivity contribution in [3.05, 3.63) is 23.2 Å². The minimum Gasteiger partial charge on any atom is -0.460 e. The first-order valence-corrected chi connectivity index (χ1v) is 6.80. The molecule has 1 aromatic rings. The van der Waals surface area contributed by atoms with Gasteiger partial charge in [-0.3, -0.25) is 9.59 Å². The van der Waals surface area contributed by atoms with Crippen LogP contribution in [0.5, 0.6) is 0 Å². The number of carbonyl (C=O) groups excluding carboxylic acids is 2. The summed E-state index contributed by atoms with van der Waals surface area (Å²) < 4.78 is 11.1. The van der Waals surface area contributed by atoms with E-state index in [-0.39, 0.29) is 29.3 Å². The Labute approximate surface area is 111 Å². The highest BCUT2D eigenvalue weighted by Gasteiger charge is 2.79.